The Morgan fingerprint density at radius 1 is 1.44 bits per heavy atom. The summed E-state index contributed by atoms with van der Waals surface area (Å²) in [5.74, 6) is -0.207. The summed E-state index contributed by atoms with van der Waals surface area (Å²) in [5, 5.41) is 9.70. The van der Waals surface area contributed by atoms with Gasteiger partial charge in [-0.25, -0.2) is 8.42 Å². The fourth-order valence-corrected chi connectivity index (χ4v) is 2.77. The van der Waals surface area contributed by atoms with Crippen LogP contribution < -0.4 is 0 Å². The Balaban J connectivity index is 3.27. The average molecular weight is 328 g/mol. The van der Waals surface area contributed by atoms with Gasteiger partial charge in [0.25, 0.3) is 0 Å². The molecule has 3 nitrogen and oxygen atoms in total. The monoisotopic (exact) mass is 326 g/mol. The minimum absolute atomic E-state index is 0.0753. The van der Waals surface area contributed by atoms with E-state index in [2.05, 4.69) is 15.9 Å². The molecule has 0 aliphatic heterocycles. The van der Waals surface area contributed by atoms with Crippen LogP contribution >= 0.6 is 26.6 Å². The van der Waals surface area contributed by atoms with E-state index in [4.69, 9.17) is 10.7 Å². The quantitative estimate of drug-likeness (QED) is 0.866. The van der Waals surface area contributed by atoms with Crippen LogP contribution in [0, 0.1) is 0 Å². The summed E-state index contributed by atoms with van der Waals surface area (Å²) in [7, 11) is 1.50. The standard InChI is InChI=1S/C10H12BrClO3S/c1-6(2)7-3-8(5-16(12,14)15)10(13)9(11)4-7/h3-4,6,13H,5H2,1-2H3. The highest BCUT2D eigenvalue weighted by Gasteiger charge is 2.15. The maximum atomic E-state index is 11.0. The smallest absolute Gasteiger partial charge is 0.236 e. The molecule has 1 rings (SSSR count). The number of hydrogen-bond donors (Lipinski definition) is 1. The molecular formula is C10H12BrClO3S. The van der Waals surface area contributed by atoms with E-state index in [0.717, 1.165) is 5.56 Å². The van der Waals surface area contributed by atoms with Gasteiger partial charge in [0.2, 0.25) is 9.05 Å². The van der Waals surface area contributed by atoms with Gasteiger partial charge in [-0.1, -0.05) is 19.9 Å². The van der Waals surface area contributed by atoms with Gasteiger partial charge in [-0.2, -0.15) is 0 Å². The SMILES string of the molecule is CC(C)c1cc(Br)c(O)c(CS(=O)(=O)Cl)c1. The van der Waals surface area contributed by atoms with Gasteiger partial charge in [-0.15, -0.1) is 0 Å². The second-order valence-corrected chi connectivity index (χ2v) is 7.48. The first-order valence-electron chi connectivity index (χ1n) is 4.64. The van der Waals surface area contributed by atoms with Crippen molar-refractivity contribution in [3.63, 3.8) is 0 Å². The second kappa shape index (κ2) is 4.94. The van der Waals surface area contributed by atoms with Crippen molar-refractivity contribution in [3.05, 3.63) is 27.7 Å². The van der Waals surface area contributed by atoms with Gasteiger partial charge in [0.05, 0.1) is 10.2 Å². The minimum atomic E-state index is -3.67. The minimum Gasteiger partial charge on any atom is -0.506 e. The van der Waals surface area contributed by atoms with Gasteiger partial charge in [0, 0.05) is 16.2 Å². The molecule has 1 aromatic rings. The molecule has 0 aliphatic rings. The van der Waals surface area contributed by atoms with E-state index >= 15 is 0 Å². The lowest BCUT2D eigenvalue weighted by molar-refractivity contribution is 0.466. The number of phenolic OH excluding ortho intramolecular Hbond substituents is 1. The fourth-order valence-electron chi connectivity index (χ4n) is 1.31. The molecule has 0 atom stereocenters. The summed E-state index contributed by atoms with van der Waals surface area (Å²) in [6, 6.07) is 3.43. The number of aromatic hydroxyl groups is 1. The molecule has 0 radical (unpaired) electrons. The normalized spacial score (nSPS) is 12.1. The van der Waals surface area contributed by atoms with Crippen molar-refractivity contribution in [2.24, 2.45) is 0 Å². The van der Waals surface area contributed by atoms with Gasteiger partial charge in [-0.3, -0.25) is 0 Å². The molecule has 0 aliphatic carbocycles. The molecule has 0 saturated carbocycles. The molecule has 0 aromatic heterocycles. The molecular weight excluding hydrogens is 316 g/mol. The van der Waals surface area contributed by atoms with E-state index in [0.29, 0.717) is 10.0 Å². The highest BCUT2D eigenvalue weighted by molar-refractivity contribution is 9.10. The predicted octanol–water partition coefficient (Wildman–Crippen LogP) is 3.35. The summed E-state index contributed by atoms with van der Waals surface area (Å²) in [5.41, 5.74) is 1.26. The van der Waals surface area contributed by atoms with Crippen LogP contribution in [0.15, 0.2) is 16.6 Å². The van der Waals surface area contributed by atoms with Crippen molar-refractivity contribution < 1.29 is 13.5 Å². The topological polar surface area (TPSA) is 54.4 Å². The number of benzene rings is 1. The van der Waals surface area contributed by atoms with E-state index in [-0.39, 0.29) is 17.4 Å². The van der Waals surface area contributed by atoms with Crippen LogP contribution in [0.4, 0.5) is 0 Å². The molecule has 0 saturated heterocycles. The summed E-state index contributed by atoms with van der Waals surface area (Å²) in [6.45, 7) is 3.97. The Morgan fingerprint density at radius 2 is 2.00 bits per heavy atom. The Bertz CT molecular complexity index is 497. The molecule has 1 aromatic carbocycles. The van der Waals surface area contributed by atoms with Crippen molar-refractivity contribution in [1.82, 2.24) is 0 Å². The third-order valence-corrected chi connectivity index (χ3v) is 3.75. The summed E-state index contributed by atoms with van der Waals surface area (Å²) < 4.78 is 22.4. The highest BCUT2D eigenvalue weighted by atomic mass is 79.9. The molecule has 0 unspecified atom stereocenters. The molecule has 0 amide bonds. The largest absolute Gasteiger partial charge is 0.506 e. The molecule has 0 fully saturated rings. The van der Waals surface area contributed by atoms with Crippen LogP contribution in [0.3, 0.4) is 0 Å². The Labute approximate surface area is 108 Å². The van der Waals surface area contributed by atoms with Gasteiger partial charge in [-0.05, 0) is 33.5 Å². The van der Waals surface area contributed by atoms with Gasteiger partial charge in [0.15, 0.2) is 0 Å². The second-order valence-electron chi connectivity index (χ2n) is 3.85. The Kier molecular flexibility index (Phi) is 4.26. The Hall–Kier alpha value is -0.260. The zero-order valence-corrected chi connectivity index (χ0v) is 12.0. The fraction of sp³-hybridized carbons (Fsp3) is 0.400. The van der Waals surface area contributed by atoms with E-state index in [9.17, 15) is 13.5 Å². The molecule has 16 heavy (non-hydrogen) atoms. The molecule has 6 heteroatoms. The summed E-state index contributed by atoms with van der Waals surface area (Å²) >= 11 is 3.18. The van der Waals surface area contributed by atoms with Crippen LogP contribution in [-0.2, 0) is 14.8 Å². The average Bonchev–Trinajstić information content (AvgIpc) is 2.10. The molecule has 0 heterocycles. The van der Waals surface area contributed by atoms with Crippen LogP contribution in [-0.4, -0.2) is 13.5 Å². The van der Waals surface area contributed by atoms with E-state index in [1.165, 1.54) is 0 Å². The zero-order chi connectivity index (χ0) is 12.5. The van der Waals surface area contributed by atoms with E-state index in [1.807, 2.05) is 13.8 Å². The van der Waals surface area contributed by atoms with Gasteiger partial charge >= 0.3 is 0 Å². The molecule has 0 spiro atoms. The molecule has 0 bridgehead atoms. The number of rotatable bonds is 3. The predicted molar refractivity (Wildman–Crippen MR) is 68.4 cm³/mol. The lowest BCUT2D eigenvalue weighted by Gasteiger charge is -2.11. The number of hydrogen-bond acceptors (Lipinski definition) is 3. The lowest BCUT2D eigenvalue weighted by Crippen LogP contribution is -1.98. The molecule has 1 N–H and O–H groups in total. The first-order chi connectivity index (χ1) is 7.20. The number of phenols is 1. The van der Waals surface area contributed by atoms with E-state index in [1.54, 1.807) is 12.1 Å². The third kappa shape index (κ3) is 3.64. The molecule has 90 valence electrons. The van der Waals surface area contributed by atoms with Crippen molar-refractivity contribution in [2.45, 2.75) is 25.5 Å². The lowest BCUT2D eigenvalue weighted by atomic mass is 10.0. The highest BCUT2D eigenvalue weighted by Crippen LogP contribution is 2.33. The Morgan fingerprint density at radius 3 is 2.44 bits per heavy atom. The summed E-state index contributed by atoms with van der Waals surface area (Å²) in [4.78, 5) is 0. The van der Waals surface area contributed by atoms with Crippen molar-refractivity contribution in [1.29, 1.82) is 0 Å². The third-order valence-electron chi connectivity index (χ3n) is 2.16. The maximum Gasteiger partial charge on any atom is 0.236 e. The first-order valence-corrected chi connectivity index (χ1v) is 7.91. The zero-order valence-electron chi connectivity index (χ0n) is 8.87. The van der Waals surface area contributed by atoms with Gasteiger partial charge < -0.3 is 5.11 Å². The van der Waals surface area contributed by atoms with Crippen LogP contribution in [0.5, 0.6) is 5.75 Å². The maximum absolute atomic E-state index is 11.0. The first kappa shape index (κ1) is 13.8. The van der Waals surface area contributed by atoms with Crippen LogP contribution in [0.25, 0.3) is 0 Å². The van der Waals surface area contributed by atoms with Crippen molar-refractivity contribution in [3.8, 4) is 5.75 Å². The van der Waals surface area contributed by atoms with E-state index < -0.39 is 9.05 Å². The van der Waals surface area contributed by atoms with Crippen LogP contribution in [0.1, 0.15) is 30.9 Å². The van der Waals surface area contributed by atoms with Crippen molar-refractivity contribution in [2.75, 3.05) is 0 Å². The summed E-state index contributed by atoms with van der Waals surface area (Å²) in [6.07, 6.45) is 0. The van der Waals surface area contributed by atoms with Gasteiger partial charge in [0.1, 0.15) is 5.75 Å². The number of halogens is 2. The van der Waals surface area contributed by atoms with Crippen molar-refractivity contribution >= 4 is 35.7 Å². The van der Waals surface area contributed by atoms with Crippen LogP contribution in [0.2, 0.25) is 0 Å².